The van der Waals surface area contributed by atoms with Crippen LogP contribution in [0.3, 0.4) is 0 Å². The van der Waals surface area contributed by atoms with Gasteiger partial charge in [-0.25, -0.2) is 0 Å². The van der Waals surface area contributed by atoms with Gasteiger partial charge in [0.25, 0.3) is 5.91 Å². The third-order valence-electron chi connectivity index (χ3n) is 4.13. The molecule has 0 saturated carbocycles. The van der Waals surface area contributed by atoms with Crippen LogP contribution in [0.25, 0.3) is 10.4 Å². The van der Waals surface area contributed by atoms with Crippen molar-refractivity contribution in [2.45, 2.75) is 13.3 Å². The second kappa shape index (κ2) is 7.05. The van der Waals surface area contributed by atoms with Crippen LogP contribution in [0.4, 0.5) is 0 Å². The fourth-order valence-electron chi connectivity index (χ4n) is 2.85. The number of rotatable bonds is 5. The van der Waals surface area contributed by atoms with Crippen LogP contribution in [0.1, 0.15) is 23.0 Å². The molecule has 24 heavy (non-hydrogen) atoms. The van der Waals surface area contributed by atoms with Crippen LogP contribution in [0.5, 0.6) is 5.75 Å². The van der Waals surface area contributed by atoms with Gasteiger partial charge in [0.15, 0.2) is 0 Å². The quantitative estimate of drug-likeness (QED) is 0.906. The summed E-state index contributed by atoms with van der Waals surface area (Å²) in [7, 11) is 0. The molecule has 0 spiro atoms. The third-order valence-corrected chi connectivity index (χ3v) is 5.28. The van der Waals surface area contributed by atoms with Crippen molar-refractivity contribution in [3.8, 4) is 16.2 Å². The first kappa shape index (κ1) is 16.5. The molecule has 0 bridgehead atoms. The third kappa shape index (κ3) is 3.28. The van der Waals surface area contributed by atoms with Crippen LogP contribution in [-0.2, 0) is 4.79 Å². The zero-order valence-electron chi connectivity index (χ0n) is 13.5. The first-order valence-corrected chi connectivity index (χ1v) is 8.82. The summed E-state index contributed by atoms with van der Waals surface area (Å²) >= 11 is 1.42. The number of carbonyl (C=O) groups is 2. The van der Waals surface area contributed by atoms with E-state index in [4.69, 9.17) is 10.5 Å². The van der Waals surface area contributed by atoms with Crippen LogP contribution in [-0.4, -0.2) is 36.4 Å². The molecular weight excluding hydrogens is 324 g/mol. The average molecular weight is 344 g/mol. The van der Waals surface area contributed by atoms with E-state index in [0.29, 0.717) is 36.7 Å². The van der Waals surface area contributed by atoms with E-state index in [-0.39, 0.29) is 17.7 Å². The fraction of sp³-hybridized carbons (Fsp3) is 0.333. The van der Waals surface area contributed by atoms with Crippen LogP contribution >= 0.6 is 11.3 Å². The first-order valence-electron chi connectivity index (χ1n) is 8.00. The molecule has 1 atom stereocenters. The van der Waals surface area contributed by atoms with Crippen molar-refractivity contribution >= 4 is 23.2 Å². The number of nitrogens with two attached hydrogens (primary N) is 1. The monoisotopic (exact) mass is 344 g/mol. The highest BCUT2D eigenvalue weighted by atomic mass is 32.1. The molecule has 5 nitrogen and oxygen atoms in total. The largest absolute Gasteiger partial charge is 0.492 e. The Bertz CT molecular complexity index is 742. The second-order valence-electron chi connectivity index (χ2n) is 5.74. The summed E-state index contributed by atoms with van der Waals surface area (Å²) in [6.07, 6.45) is 0.627. The van der Waals surface area contributed by atoms with E-state index < -0.39 is 0 Å². The van der Waals surface area contributed by atoms with Crippen LogP contribution < -0.4 is 10.5 Å². The van der Waals surface area contributed by atoms with Crippen molar-refractivity contribution in [3.05, 3.63) is 41.3 Å². The van der Waals surface area contributed by atoms with Crippen molar-refractivity contribution in [2.75, 3.05) is 19.7 Å². The Kier molecular flexibility index (Phi) is 4.85. The Balaban J connectivity index is 1.88. The lowest BCUT2D eigenvalue weighted by atomic mass is 10.1. The summed E-state index contributed by atoms with van der Waals surface area (Å²) in [6, 6.07) is 11.8. The molecule has 2 N–H and O–H groups in total. The molecule has 2 amide bonds. The zero-order chi connectivity index (χ0) is 17.1. The van der Waals surface area contributed by atoms with Gasteiger partial charge in [-0.15, -0.1) is 11.3 Å². The van der Waals surface area contributed by atoms with Gasteiger partial charge >= 0.3 is 0 Å². The van der Waals surface area contributed by atoms with Crippen LogP contribution in [0, 0.1) is 5.92 Å². The van der Waals surface area contributed by atoms with E-state index in [1.54, 1.807) is 4.90 Å². The predicted octanol–water partition coefficient (Wildman–Crippen LogP) is 2.76. The second-order valence-corrected chi connectivity index (χ2v) is 6.79. The summed E-state index contributed by atoms with van der Waals surface area (Å²) < 4.78 is 5.67. The molecule has 1 aliphatic rings. The van der Waals surface area contributed by atoms with Gasteiger partial charge in [0.1, 0.15) is 10.6 Å². The molecule has 1 aromatic heterocycles. The topological polar surface area (TPSA) is 72.6 Å². The minimum absolute atomic E-state index is 0.0885. The van der Waals surface area contributed by atoms with Crippen LogP contribution in [0.15, 0.2) is 36.4 Å². The molecule has 0 radical (unpaired) electrons. The van der Waals surface area contributed by atoms with Gasteiger partial charge in [-0.3, -0.25) is 9.59 Å². The Morgan fingerprint density at radius 1 is 1.33 bits per heavy atom. The Morgan fingerprint density at radius 3 is 2.71 bits per heavy atom. The maximum absolute atomic E-state index is 12.9. The van der Waals surface area contributed by atoms with Gasteiger partial charge in [-0.2, -0.15) is 0 Å². The number of thiophene rings is 1. The molecule has 1 aliphatic heterocycles. The van der Waals surface area contributed by atoms with Gasteiger partial charge in [-0.05, 0) is 25.0 Å². The van der Waals surface area contributed by atoms with Gasteiger partial charge in [0.05, 0.1) is 12.5 Å². The normalized spacial score (nSPS) is 17.0. The minimum Gasteiger partial charge on any atom is -0.492 e. The number of nitrogens with zero attached hydrogens (tertiary/aromatic N) is 1. The van der Waals surface area contributed by atoms with E-state index in [1.807, 2.05) is 43.3 Å². The molecular formula is C18H20N2O3S. The maximum Gasteiger partial charge on any atom is 0.267 e. The van der Waals surface area contributed by atoms with E-state index in [1.165, 1.54) is 11.3 Å². The van der Waals surface area contributed by atoms with E-state index in [2.05, 4.69) is 0 Å². The molecule has 1 unspecified atom stereocenters. The standard InChI is InChI=1S/C18H20N2O3S/c1-2-23-14-10-15(12-6-4-3-5-7-12)24-16(14)18(22)20-9-8-13(11-20)17(19)21/h3-7,10,13H,2,8-9,11H2,1H3,(H2,19,21). The van der Waals surface area contributed by atoms with E-state index >= 15 is 0 Å². The summed E-state index contributed by atoms with van der Waals surface area (Å²) in [5, 5.41) is 0. The Morgan fingerprint density at radius 2 is 2.08 bits per heavy atom. The van der Waals surface area contributed by atoms with Crippen molar-refractivity contribution in [1.82, 2.24) is 4.90 Å². The van der Waals surface area contributed by atoms with Crippen molar-refractivity contribution in [3.63, 3.8) is 0 Å². The maximum atomic E-state index is 12.9. The lowest BCUT2D eigenvalue weighted by molar-refractivity contribution is -0.121. The lowest BCUT2D eigenvalue weighted by Crippen LogP contribution is -2.31. The number of primary amides is 1. The summed E-state index contributed by atoms with van der Waals surface area (Å²) in [6.45, 7) is 3.33. The van der Waals surface area contributed by atoms with Crippen LogP contribution in [0.2, 0.25) is 0 Å². The summed E-state index contributed by atoms with van der Waals surface area (Å²) in [4.78, 5) is 27.5. The van der Waals surface area contributed by atoms with Crippen molar-refractivity contribution < 1.29 is 14.3 Å². The van der Waals surface area contributed by atoms with Gasteiger partial charge in [0, 0.05) is 18.0 Å². The number of benzene rings is 1. The highest BCUT2D eigenvalue weighted by molar-refractivity contribution is 7.17. The highest BCUT2D eigenvalue weighted by Gasteiger charge is 2.32. The minimum atomic E-state index is -0.341. The first-order chi connectivity index (χ1) is 11.6. The molecule has 6 heteroatoms. The fourth-order valence-corrected chi connectivity index (χ4v) is 3.93. The Hall–Kier alpha value is -2.34. The number of hydrogen-bond donors (Lipinski definition) is 1. The smallest absolute Gasteiger partial charge is 0.267 e. The van der Waals surface area contributed by atoms with E-state index in [9.17, 15) is 9.59 Å². The number of amides is 2. The molecule has 3 rings (SSSR count). The summed E-state index contributed by atoms with van der Waals surface area (Å²) in [5.74, 6) is -0.0761. The number of ether oxygens (including phenoxy) is 1. The molecule has 0 aliphatic carbocycles. The van der Waals surface area contributed by atoms with Crippen molar-refractivity contribution in [1.29, 1.82) is 0 Å². The van der Waals surface area contributed by atoms with Gasteiger partial charge in [0.2, 0.25) is 5.91 Å². The number of likely N-dealkylation sites (tertiary alicyclic amines) is 1. The highest BCUT2D eigenvalue weighted by Crippen LogP contribution is 2.37. The summed E-state index contributed by atoms with van der Waals surface area (Å²) in [5.41, 5.74) is 6.41. The zero-order valence-corrected chi connectivity index (χ0v) is 14.3. The van der Waals surface area contributed by atoms with E-state index in [0.717, 1.165) is 10.4 Å². The van der Waals surface area contributed by atoms with Gasteiger partial charge < -0.3 is 15.4 Å². The predicted molar refractivity (Wildman–Crippen MR) is 94.1 cm³/mol. The van der Waals surface area contributed by atoms with Gasteiger partial charge in [-0.1, -0.05) is 30.3 Å². The van der Waals surface area contributed by atoms with Crippen molar-refractivity contribution in [2.24, 2.45) is 11.7 Å². The molecule has 126 valence electrons. The number of hydrogen-bond acceptors (Lipinski definition) is 4. The number of carbonyl (C=O) groups excluding carboxylic acids is 2. The average Bonchev–Trinajstić information content (AvgIpc) is 3.23. The molecule has 2 aromatic rings. The SMILES string of the molecule is CCOc1cc(-c2ccccc2)sc1C(=O)N1CCC(C(N)=O)C1. The molecule has 1 aromatic carbocycles. The lowest BCUT2D eigenvalue weighted by Gasteiger charge is -2.15. The molecule has 2 heterocycles. The molecule has 1 fully saturated rings. The molecule has 1 saturated heterocycles. The Labute approximate surface area is 145 Å².